The molecule has 0 bridgehead atoms. The first kappa shape index (κ1) is 10.2. The van der Waals surface area contributed by atoms with Gasteiger partial charge in [-0.25, -0.2) is 9.97 Å². The van der Waals surface area contributed by atoms with Crippen LogP contribution < -0.4 is 0 Å². The largest absolute Gasteiger partial charge is 0.293 e. The van der Waals surface area contributed by atoms with Gasteiger partial charge in [0, 0.05) is 31.4 Å². The molecule has 1 rings (SSSR count). The topological polar surface area (TPSA) is 50.5 Å². The Kier molecular flexibility index (Phi) is 4.20. The van der Waals surface area contributed by atoms with Gasteiger partial charge in [-0.05, 0) is 19.7 Å². The Balaban J connectivity index is 2.95. The van der Waals surface area contributed by atoms with Crippen LogP contribution in [0.4, 0.5) is 0 Å². The lowest BCUT2D eigenvalue weighted by molar-refractivity contribution is 1.11. The highest BCUT2D eigenvalue weighted by Gasteiger charge is 1.99. The second kappa shape index (κ2) is 5.75. The highest BCUT2D eigenvalue weighted by atomic mass is 14.9. The SMILES string of the molecule is C=N/C=C(\C=NCC)c1ncccn1. The molecule has 0 atom stereocenters. The van der Waals surface area contributed by atoms with Crippen LogP contribution in [0.2, 0.25) is 0 Å². The number of aromatic nitrogens is 2. The monoisotopic (exact) mass is 188 g/mol. The van der Waals surface area contributed by atoms with Gasteiger partial charge in [0.15, 0.2) is 5.82 Å². The number of nitrogens with zero attached hydrogens (tertiary/aromatic N) is 4. The van der Waals surface area contributed by atoms with E-state index in [1.165, 1.54) is 0 Å². The van der Waals surface area contributed by atoms with Crippen LogP contribution in [0, 0.1) is 0 Å². The van der Waals surface area contributed by atoms with Gasteiger partial charge < -0.3 is 0 Å². The number of allylic oxidation sites excluding steroid dienone is 1. The first-order valence-corrected chi connectivity index (χ1v) is 4.31. The highest BCUT2D eigenvalue weighted by molar-refractivity contribution is 6.08. The van der Waals surface area contributed by atoms with Crippen LogP contribution in [-0.2, 0) is 0 Å². The Morgan fingerprint density at radius 2 is 2.21 bits per heavy atom. The molecular formula is C10H12N4. The quantitative estimate of drug-likeness (QED) is 0.674. The molecule has 0 aliphatic rings. The molecule has 0 fully saturated rings. The second-order valence-electron chi connectivity index (χ2n) is 2.47. The average Bonchev–Trinajstić information content (AvgIpc) is 2.25. The van der Waals surface area contributed by atoms with Gasteiger partial charge in [-0.2, -0.15) is 0 Å². The molecule has 0 aliphatic heterocycles. The van der Waals surface area contributed by atoms with Crippen molar-refractivity contribution in [1.82, 2.24) is 9.97 Å². The van der Waals surface area contributed by atoms with E-state index in [2.05, 4.69) is 26.7 Å². The summed E-state index contributed by atoms with van der Waals surface area (Å²) >= 11 is 0. The molecule has 1 aromatic heterocycles. The molecule has 0 aromatic carbocycles. The fraction of sp³-hybridized carbons (Fsp3) is 0.200. The van der Waals surface area contributed by atoms with Crippen molar-refractivity contribution < 1.29 is 0 Å². The zero-order chi connectivity index (χ0) is 10.2. The molecule has 0 radical (unpaired) electrons. The predicted molar refractivity (Wildman–Crippen MR) is 58.6 cm³/mol. The van der Waals surface area contributed by atoms with Gasteiger partial charge in [-0.3, -0.25) is 9.98 Å². The lowest BCUT2D eigenvalue weighted by atomic mass is 10.3. The van der Waals surface area contributed by atoms with Crippen LogP contribution in [-0.4, -0.2) is 29.4 Å². The van der Waals surface area contributed by atoms with E-state index in [9.17, 15) is 0 Å². The normalized spacial score (nSPS) is 11.9. The molecule has 14 heavy (non-hydrogen) atoms. The maximum absolute atomic E-state index is 4.11. The van der Waals surface area contributed by atoms with Crippen LogP contribution >= 0.6 is 0 Å². The van der Waals surface area contributed by atoms with E-state index in [1.807, 2.05) is 6.92 Å². The van der Waals surface area contributed by atoms with Crippen molar-refractivity contribution in [3.8, 4) is 0 Å². The third-order valence-corrected chi connectivity index (χ3v) is 1.47. The molecule has 0 amide bonds. The molecule has 0 unspecified atom stereocenters. The zero-order valence-corrected chi connectivity index (χ0v) is 8.09. The molecule has 0 saturated heterocycles. The Labute approximate surface area is 83.2 Å². The molecule has 4 heteroatoms. The number of rotatable bonds is 4. The summed E-state index contributed by atoms with van der Waals surface area (Å²) in [6.07, 6.45) is 6.65. The van der Waals surface area contributed by atoms with Crippen LogP contribution in [0.5, 0.6) is 0 Å². The molecule has 1 heterocycles. The number of hydrogen-bond donors (Lipinski definition) is 0. The summed E-state index contributed by atoms with van der Waals surface area (Å²) < 4.78 is 0. The molecule has 4 nitrogen and oxygen atoms in total. The van der Waals surface area contributed by atoms with Gasteiger partial charge in [-0.15, -0.1) is 0 Å². The van der Waals surface area contributed by atoms with E-state index in [-0.39, 0.29) is 0 Å². The standard InChI is InChI=1S/C10H12N4/c1-3-12-8-9(7-11-2)10-13-5-4-6-14-10/h4-8H,2-3H2,1H3/b9-7+,12-8?. The van der Waals surface area contributed by atoms with E-state index in [1.54, 1.807) is 30.9 Å². The van der Waals surface area contributed by atoms with Gasteiger partial charge >= 0.3 is 0 Å². The molecular weight excluding hydrogens is 176 g/mol. The smallest absolute Gasteiger partial charge is 0.162 e. The van der Waals surface area contributed by atoms with E-state index in [0.29, 0.717) is 5.82 Å². The van der Waals surface area contributed by atoms with Crippen molar-refractivity contribution >= 4 is 18.5 Å². The maximum Gasteiger partial charge on any atom is 0.162 e. The van der Waals surface area contributed by atoms with Gasteiger partial charge in [0.2, 0.25) is 0 Å². The fourth-order valence-electron chi connectivity index (χ4n) is 0.885. The Bertz CT molecular complexity index is 340. The Morgan fingerprint density at radius 3 is 2.79 bits per heavy atom. The summed E-state index contributed by atoms with van der Waals surface area (Å²) in [5, 5.41) is 0. The van der Waals surface area contributed by atoms with Crippen molar-refractivity contribution in [3.63, 3.8) is 0 Å². The zero-order valence-electron chi connectivity index (χ0n) is 8.09. The van der Waals surface area contributed by atoms with Crippen molar-refractivity contribution in [1.29, 1.82) is 0 Å². The lowest BCUT2D eigenvalue weighted by Gasteiger charge is -1.96. The fourth-order valence-corrected chi connectivity index (χ4v) is 0.885. The van der Waals surface area contributed by atoms with Gasteiger partial charge in [0.1, 0.15) is 0 Å². The van der Waals surface area contributed by atoms with Crippen molar-refractivity contribution in [3.05, 3.63) is 30.5 Å². The minimum absolute atomic E-state index is 0.608. The summed E-state index contributed by atoms with van der Waals surface area (Å²) in [4.78, 5) is 16.0. The first-order chi connectivity index (χ1) is 6.88. The van der Waals surface area contributed by atoms with E-state index < -0.39 is 0 Å². The number of hydrogen-bond acceptors (Lipinski definition) is 4. The number of aliphatic imine (C=N–C) groups is 2. The molecule has 0 aliphatic carbocycles. The van der Waals surface area contributed by atoms with Crippen molar-refractivity contribution in [2.24, 2.45) is 9.98 Å². The van der Waals surface area contributed by atoms with Crippen LogP contribution in [0.25, 0.3) is 5.57 Å². The average molecular weight is 188 g/mol. The van der Waals surface area contributed by atoms with E-state index in [0.717, 1.165) is 12.1 Å². The molecule has 0 spiro atoms. The van der Waals surface area contributed by atoms with E-state index in [4.69, 9.17) is 0 Å². The van der Waals surface area contributed by atoms with Gasteiger partial charge in [0.25, 0.3) is 0 Å². The Hall–Kier alpha value is -1.84. The third-order valence-electron chi connectivity index (χ3n) is 1.47. The van der Waals surface area contributed by atoms with Gasteiger partial charge in [-0.1, -0.05) is 0 Å². The third kappa shape index (κ3) is 2.90. The minimum Gasteiger partial charge on any atom is -0.293 e. The lowest BCUT2D eigenvalue weighted by Crippen LogP contribution is -1.93. The summed E-state index contributed by atoms with van der Waals surface area (Å²) in [6, 6.07) is 1.76. The highest BCUT2D eigenvalue weighted by Crippen LogP contribution is 2.05. The van der Waals surface area contributed by atoms with Crippen molar-refractivity contribution in [2.75, 3.05) is 6.54 Å². The van der Waals surface area contributed by atoms with E-state index >= 15 is 0 Å². The Morgan fingerprint density at radius 1 is 1.50 bits per heavy atom. The molecule has 72 valence electrons. The van der Waals surface area contributed by atoms with Crippen molar-refractivity contribution in [2.45, 2.75) is 6.92 Å². The van der Waals surface area contributed by atoms with Gasteiger partial charge in [0.05, 0.1) is 5.57 Å². The predicted octanol–water partition coefficient (Wildman–Crippen LogP) is 1.61. The van der Waals surface area contributed by atoms with Crippen LogP contribution in [0.15, 0.2) is 34.6 Å². The summed E-state index contributed by atoms with van der Waals surface area (Å²) in [5.41, 5.74) is 0.766. The van der Waals surface area contributed by atoms with Crippen LogP contribution in [0.1, 0.15) is 12.7 Å². The molecule has 0 N–H and O–H groups in total. The summed E-state index contributed by atoms with van der Waals surface area (Å²) in [7, 11) is 0. The maximum atomic E-state index is 4.11. The second-order valence-corrected chi connectivity index (χ2v) is 2.47. The molecule has 1 aromatic rings. The summed E-state index contributed by atoms with van der Waals surface area (Å²) in [5.74, 6) is 0.608. The minimum atomic E-state index is 0.608. The molecule has 0 saturated carbocycles. The van der Waals surface area contributed by atoms with Crippen LogP contribution in [0.3, 0.4) is 0 Å². The summed E-state index contributed by atoms with van der Waals surface area (Å²) in [6.45, 7) is 6.07. The first-order valence-electron chi connectivity index (χ1n) is 4.31.